The molecule has 4 heteroatoms. The maximum absolute atomic E-state index is 12.7. The second kappa shape index (κ2) is 6.92. The molecule has 0 radical (unpaired) electrons. The van der Waals surface area contributed by atoms with Crippen molar-refractivity contribution in [3.8, 4) is 0 Å². The van der Waals surface area contributed by atoms with Crippen molar-refractivity contribution >= 4 is 11.9 Å². The number of carbonyl (C=O) groups excluding carboxylic acids is 2. The maximum atomic E-state index is 12.7. The molecule has 0 aromatic heterocycles. The third kappa shape index (κ3) is 3.95. The van der Waals surface area contributed by atoms with E-state index < -0.39 is 0 Å². The molecule has 0 aliphatic carbocycles. The predicted octanol–water partition coefficient (Wildman–Crippen LogP) is 2.47. The van der Waals surface area contributed by atoms with Gasteiger partial charge in [0.1, 0.15) is 0 Å². The highest BCUT2D eigenvalue weighted by Gasteiger charge is 2.36. The molecule has 1 amide bonds. The van der Waals surface area contributed by atoms with Gasteiger partial charge >= 0.3 is 5.97 Å². The largest absolute Gasteiger partial charge is 0.469 e. The van der Waals surface area contributed by atoms with Gasteiger partial charge in [-0.25, -0.2) is 0 Å². The lowest BCUT2D eigenvalue weighted by Crippen LogP contribution is -2.44. The average Bonchev–Trinajstić information content (AvgIpc) is 2.83. The molecular weight excluding hydrogens is 242 g/mol. The van der Waals surface area contributed by atoms with Crippen LogP contribution in [-0.4, -0.2) is 36.5 Å². The number of ether oxygens (including phenoxy) is 1. The van der Waals surface area contributed by atoms with Crippen molar-refractivity contribution < 1.29 is 14.3 Å². The van der Waals surface area contributed by atoms with Gasteiger partial charge in [-0.1, -0.05) is 27.7 Å². The number of carbonyl (C=O) groups is 2. The van der Waals surface area contributed by atoms with Crippen LogP contribution in [0.4, 0.5) is 0 Å². The molecule has 2 atom stereocenters. The minimum absolute atomic E-state index is 0.122. The molecule has 19 heavy (non-hydrogen) atoms. The highest BCUT2D eigenvalue weighted by Crippen LogP contribution is 2.28. The number of likely N-dealkylation sites (tertiary alicyclic amines) is 1. The summed E-state index contributed by atoms with van der Waals surface area (Å²) >= 11 is 0. The molecule has 0 bridgehead atoms. The van der Waals surface area contributed by atoms with Crippen LogP contribution in [0.2, 0.25) is 0 Å². The van der Waals surface area contributed by atoms with E-state index in [0.717, 1.165) is 19.4 Å². The Morgan fingerprint density at radius 2 is 1.89 bits per heavy atom. The number of rotatable bonds is 5. The molecule has 0 N–H and O–H groups in total. The van der Waals surface area contributed by atoms with Gasteiger partial charge in [-0.2, -0.15) is 0 Å². The quantitative estimate of drug-likeness (QED) is 0.720. The van der Waals surface area contributed by atoms with Crippen LogP contribution in [0.15, 0.2) is 0 Å². The molecule has 1 heterocycles. The summed E-state index contributed by atoms with van der Waals surface area (Å²) in [5.41, 5.74) is 0. The zero-order valence-corrected chi connectivity index (χ0v) is 12.8. The van der Waals surface area contributed by atoms with Gasteiger partial charge in [0.25, 0.3) is 0 Å². The van der Waals surface area contributed by atoms with Crippen LogP contribution in [0.25, 0.3) is 0 Å². The van der Waals surface area contributed by atoms with Crippen molar-refractivity contribution in [2.75, 3.05) is 13.7 Å². The number of esters is 1. The van der Waals surface area contributed by atoms with E-state index in [2.05, 4.69) is 13.8 Å². The van der Waals surface area contributed by atoms with Crippen molar-refractivity contribution in [1.82, 2.24) is 4.90 Å². The zero-order chi connectivity index (χ0) is 14.6. The van der Waals surface area contributed by atoms with Crippen LogP contribution in [0.3, 0.4) is 0 Å². The van der Waals surface area contributed by atoms with E-state index in [1.54, 1.807) is 0 Å². The molecule has 0 aromatic rings. The lowest BCUT2D eigenvalue weighted by atomic mass is 9.90. The Kier molecular flexibility index (Phi) is 5.83. The van der Waals surface area contributed by atoms with Crippen molar-refractivity contribution in [2.24, 2.45) is 17.8 Å². The fourth-order valence-corrected chi connectivity index (χ4v) is 2.84. The molecule has 1 aliphatic rings. The first-order valence-corrected chi connectivity index (χ1v) is 7.25. The Labute approximate surface area is 116 Å². The summed E-state index contributed by atoms with van der Waals surface area (Å²) in [6.45, 7) is 9.12. The minimum atomic E-state index is -0.299. The molecule has 1 saturated heterocycles. The monoisotopic (exact) mass is 269 g/mol. The lowest BCUT2D eigenvalue weighted by molar-refractivity contribution is -0.148. The van der Waals surface area contributed by atoms with Crippen LogP contribution >= 0.6 is 0 Å². The number of hydrogen-bond donors (Lipinski definition) is 0. The number of methoxy groups -OCH3 is 1. The van der Waals surface area contributed by atoms with E-state index in [-0.39, 0.29) is 30.1 Å². The molecule has 1 fully saturated rings. The Balaban J connectivity index is 2.78. The molecular formula is C15H27NO3. The number of hydrogen-bond acceptors (Lipinski definition) is 3. The van der Waals surface area contributed by atoms with Crippen molar-refractivity contribution in [2.45, 2.75) is 53.0 Å². The van der Waals surface area contributed by atoms with Crippen molar-refractivity contribution in [1.29, 1.82) is 0 Å². The maximum Gasteiger partial charge on any atom is 0.306 e. The topological polar surface area (TPSA) is 46.6 Å². The zero-order valence-electron chi connectivity index (χ0n) is 12.8. The van der Waals surface area contributed by atoms with E-state index in [0.29, 0.717) is 12.0 Å². The van der Waals surface area contributed by atoms with Gasteiger partial charge < -0.3 is 9.64 Å². The molecule has 1 aliphatic heterocycles. The van der Waals surface area contributed by atoms with Crippen LogP contribution in [0.1, 0.15) is 47.0 Å². The molecule has 0 saturated carbocycles. The molecule has 110 valence electrons. The van der Waals surface area contributed by atoms with Crippen LogP contribution in [0, 0.1) is 17.8 Å². The van der Waals surface area contributed by atoms with Gasteiger partial charge in [0.15, 0.2) is 0 Å². The summed E-state index contributed by atoms with van der Waals surface area (Å²) < 4.78 is 4.71. The van der Waals surface area contributed by atoms with E-state index in [9.17, 15) is 9.59 Å². The number of amides is 1. The first kappa shape index (κ1) is 16.0. The standard InChI is InChI=1S/C15H27NO3/c1-10(2)12(9-14(17)19-5)15(18)16-8-6-7-13(16)11(3)4/h10-13H,6-9H2,1-5H3/t12-,13-/m0/s1. The Bertz CT molecular complexity index is 325. The summed E-state index contributed by atoms with van der Waals surface area (Å²) in [7, 11) is 1.37. The van der Waals surface area contributed by atoms with Gasteiger partial charge in [0, 0.05) is 12.6 Å². The van der Waals surface area contributed by atoms with Crippen molar-refractivity contribution in [3.63, 3.8) is 0 Å². The SMILES string of the molecule is COC(=O)C[C@H](C(=O)N1CCC[C@H]1C(C)C)C(C)C. The Morgan fingerprint density at radius 3 is 2.37 bits per heavy atom. The van der Waals surface area contributed by atoms with E-state index in [1.807, 2.05) is 18.7 Å². The Morgan fingerprint density at radius 1 is 1.26 bits per heavy atom. The fourth-order valence-electron chi connectivity index (χ4n) is 2.84. The third-order valence-electron chi connectivity index (χ3n) is 4.09. The molecule has 4 nitrogen and oxygen atoms in total. The van der Waals surface area contributed by atoms with E-state index in [4.69, 9.17) is 4.74 Å². The van der Waals surface area contributed by atoms with Gasteiger partial charge in [0.05, 0.1) is 19.4 Å². The highest BCUT2D eigenvalue weighted by molar-refractivity contribution is 5.84. The highest BCUT2D eigenvalue weighted by atomic mass is 16.5. The van der Waals surface area contributed by atoms with Crippen molar-refractivity contribution in [3.05, 3.63) is 0 Å². The fraction of sp³-hybridized carbons (Fsp3) is 0.867. The average molecular weight is 269 g/mol. The lowest BCUT2D eigenvalue weighted by Gasteiger charge is -2.32. The first-order valence-electron chi connectivity index (χ1n) is 7.25. The second-order valence-corrected chi connectivity index (χ2v) is 6.12. The first-order chi connectivity index (χ1) is 8.88. The summed E-state index contributed by atoms with van der Waals surface area (Å²) in [6.07, 6.45) is 2.33. The second-order valence-electron chi connectivity index (χ2n) is 6.12. The van der Waals surface area contributed by atoms with Crippen LogP contribution < -0.4 is 0 Å². The summed E-state index contributed by atoms with van der Waals surface area (Å²) in [5.74, 6) is 0.188. The predicted molar refractivity (Wildman–Crippen MR) is 74.5 cm³/mol. The number of nitrogens with zero attached hydrogens (tertiary/aromatic N) is 1. The Hall–Kier alpha value is -1.06. The molecule has 0 unspecified atom stereocenters. The molecule has 0 aromatic carbocycles. The molecule has 1 rings (SSSR count). The van der Waals surface area contributed by atoms with Crippen LogP contribution in [0.5, 0.6) is 0 Å². The van der Waals surface area contributed by atoms with E-state index in [1.165, 1.54) is 7.11 Å². The van der Waals surface area contributed by atoms with Gasteiger partial charge in [-0.15, -0.1) is 0 Å². The van der Waals surface area contributed by atoms with E-state index >= 15 is 0 Å². The molecule has 0 spiro atoms. The normalized spacial score (nSPS) is 21.0. The minimum Gasteiger partial charge on any atom is -0.469 e. The van der Waals surface area contributed by atoms with Crippen LogP contribution in [-0.2, 0) is 14.3 Å². The van der Waals surface area contributed by atoms with Gasteiger partial charge in [-0.05, 0) is 24.7 Å². The summed E-state index contributed by atoms with van der Waals surface area (Å²) in [5, 5.41) is 0. The smallest absolute Gasteiger partial charge is 0.306 e. The summed E-state index contributed by atoms with van der Waals surface area (Å²) in [4.78, 5) is 26.1. The summed E-state index contributed by atoms with van der Waals surface area (Å²) in [6, 6.07) is 0.325. The third-order valence-corrected chi connectivity index (χ3v) is 4.09. The van der Waals surface area contributed by atoms with Gasteiger partial charge in [-0.3, -0.25) is 9.59 Å². The van der Waals surface area contributed by atoms with Gasteiger partial charge in [0.2, 0.25) is 5.91 Å².